The fourth-order valence-corrected chi connectivity index (χ4v) is 0.403. The molecule has 37 valence electrons. The van der Waals surface area contributed by atoms with Crippen LogP contribution in [0.4, 0.5) is 0 Å². The van der Waals surface area contributed by atoms with Gasteiger partial charge in [-0.15, -0.1) is 11.6 Å². The summed E-state index contributed by atoms with van der Waals surface area (Å²) in [4.78, 5) is 3.61. The molecule has 0 spiro atoms. The van der Waals surface area contributed by atoms with E-state index in [0.29, 0.717) is 11.8 Å². The van der Waals surface area contributed by atoms with Crippen molar-refractivity contribution in [2.24, 2.45) is 0 Å². The normalized spacial score (nSPS) is 9.29. The Morgan fingerprint density at radius 1 is 2.00 bits per heavy atom. The number of alkyl halides is 1. The molecule has 1 rings (SSSR count). The van der Waals surface area contributed by atoms with Crippen LogP contribution < -0.4 is 0 Å². The fourth-order valence-electron chi connectivity index (χ4n) is 0.280. The molecule has 1 radical (unpaired) electrons. The van der Waals surface area contributed by atoms with Crippen molar-refractivity contribution in [1.82, 2.24) is 4.98 Å². The summed E-state index contributed by atoms with van der Waals surface area (Å²) in [5.74, 6) is 0.838. The molecule has 1 heterocycles. The van der Waals surface area contributed by atoms with E-state index >= 15 is 0 Å². The molecule has 0 bridgehead atoms. The number of hydrogen-bond acceptors (Lipinski definition) is 2. The number of rotatable bonds is 1. The third-order valence-electron chi connectivity index (χ3n) is 0.551. The molecule has 0 aromatic carbocycles. The molecule has 0 amide bonds. The predicted molar refractivity (Wildman–Crippen MR) is 24.9 cm³/mol. The Morgan fingerprint density at radius 3 is 3.14 bits per heavy atom. The summed E-state index contributed by atoms with van der Waals surface area (Å²) in [5, 5.41) is 0. The molecule has 0 aliphatic heterocycles. The van der Waals surface area contributed by atoms with Crippen LogP contribution in [0.1, 0.15) is 5.89 Å². The van der Waals surface area contributed by atoms with Gasteiger partial charge in [-0.1, -0.05) is 0 Å². The highest BCUT2D eigenvalue weighted by Gasteiger charge is 1.88. The van der Waals surface area contributed by atoms with Gasteiger partial charge in [0.25, 0.3) is 0 Å². The van der Waals surface area contributed by atoms with Gasteiger partial charge in [0.2, 0.25) is 5.89 Å². The molecule has 0 saturated heterocycles. The summed E-state index contributed by atoms with van der Waals surface area (Å²) >= 11 is 5.29. The Balaban J connectivity index is 2.76. The van der Waals surface area contributed by atoms with Gasteiger partial charge in [-0.2, -0.15) is 0 Å². The summed E-state index contributed by atoms with van der Waals surface area (Å²) in [6.07, 6.45) is 3.85. The number of hydrogen-bond donors (Lipinski definition) is 0. The lowest BCUT2D eigenvalue weighted by Crippen LogP contribution is -1.70. The van der Waals surface area contributed by atoms with Crippen LogP contribution in [0.25, 0.3) is 0 Å². The van der Waals surface area contributed by atoms with Crippen molar-refractivity contribution < 1.29 is 4.42 Å². The molecule has 3 heteroatoms. The smallest absolute Gasteiger partial charge is 0.209 e. The van der Waals surface area contributed by atoms with Gasteiger partial charge in [-0.05, 0) is 0 Å². The lowest BCUT2D eigenvalue weighted by molar-refractivity contribution is 0.516. The lowest BCUT2D eigenvalue weighted by atomic mass is 10.8. The largest absolute Gasteiger partial charge is 0.447 e. The molecule has 7 heavy (non-hydrogen) atoms. The Kier molecular flexibility index (Phi) is 1.32. The summed E-state index contributed by atoms with van der Waals surface area (Å²) in [7, 11) is 0. The van der Waals surface area contributed by atoms with Crippen LogP contribution in [0.15, 0.2) is 10.7 Å². The fraction of sp³-hybridized carbons (Fsp3) is 0.250. The van der Waals surface area contributed by atoms with Crippen LogP contribution in [0.5, 0.6) is 0 Å². The van der Waals surface area contributed by atoms with Gasteiger partial charge < -0.3 is 4.42 Å². The minimum Gasteiger partial charge on any atom is -0.447 e. The average molecular weight is 117 g/mol. The van der Waals surface area contributed by atoms with E-state index in [1.54, 1.807) is 0 Å². The first-order valence-corrected chi connectivity index (χ1v) is 2.33. The summed E-state index contributed by atoms with van der Waals surface area (Å²) in [5.41, 5.74) is 0. The van der Waals surface area contributed by atoms with Crippen molar-refractivity contribution in [3.05, 3.63) is 18.4 Å². The molecular formula is C4H3ClNO. The lowest BCUT2D eigenvalue weighted by Gasteiger charge is -1.75. The molecule has 0 fully saturated rings. The van der Waals surface area contributed by atoms with Crippen LogP contribution in [0, 0.1) is 6.20 Å². The highest BCUT2D eigenvalue weighted by atomic mass is 35.5. The van der Waals surface area contributed by atoms with Gasteiger partial charge in [0.1, 0.15) is 12.5 Å². The Bertz CT molecular complexity index is 126. The molecule has 0 atom stereocenters. The molecule has 1 aromatic heterocycles. The monoisotopic (exact) mass is 116 g/mol. The molecule has 2 nitrogen and oxygen atoms in total. The van der Waals surface area contributed by atoms with Gasteiger partial charge in [0.15, 0.2) is 0 Å². The number of aromatic nitrogens is 1. The van der Waals surface area contributed by atoms with Gasteiger partial charge in [0.05, 0.1) is 5.88 Å². The van der Waals surface area contributed by atoms with E-state index in [9.17, 15) is 0 Å². The zero-order valence-corrected chi connectivity index (χ0v) is 4.27. The van der Waals surface area contributed by atoms with Crippen LogP contribution in [-0.4, -0.2) is 4.98 Å². The maximum absolute atomic E-state index is 5.29. The van der Waals surface area contributed by atoms with Gasteiger partial charge in [-0.3, -0.25) is 0 Å². The number of oxazole rings is 1. The van der Waals surface area contributed by atoms with Crippen LogP contribution >= 0.6 is 11.6 Å². The zero-order chi connectivity index (χ0) is 5.11. The van der Waals surface area contributed by atoms with Crippen molar-refractivity contribution in [2.75, 3.05) is 0 Å². The standard InChI is InChI=1S/C4H3ClNO/c5-3-4-6-1-2-7-4/h2H,3H2. The second-order valence-corrected chi connectivity index (χ2v) is 1.27. The first-order valence-electron chi connectivity index (χ1n) is 1.80. The van der Waals surface area contributed by atoms with Crippen LogP contribution in [-0.2, 0) is 5.88 Å². The highest BCUT2D eigenvalue weighted by Crippen LogP contribution is 1.96. The van der Waals surface area contributed by atoms with E-state index in [4.69, 9.17) is 11.6 Å². The average Bonchev–Trinajstić information content (AvgIpc) is 2.14. The first kappa shape index (κ1) is 4.65. The van der Waals surface area contributed by atoms with E-state index in [0.717, 1.165) is 0 Å². The molecule has 0 saturated carbocycles. The minimum absolute atomic E-state index is 0.323. The molecule has 0 aliphatic carbocycles. The zero-order valence-electron chi connectivity index (χ0n) is 3.52. The molecule has 0 N–H and O–H groups in total. The SMILES string of the molecule is ClCc1n[c]co1. The van der Waals surface area contributed by atoms with E-state index in [2.05, 4.69) is 15.6 Å². The van der Waals surface area contributed by atoms with Crippen LogP contribution in [0.2, 0.25) is 0 Å². The first-order chi connectivity index (χ1) is 3.43. The second-order valence-electron chi connectivity index (χ2n) is 1.00. The number of halogens is 1. The van der Waals surface area contributed by atoms with Crippen molar-refractivity contribution in [2.45, 2.75) is 5.88 Å². The summed E-state index contributed by atoms with van der Waals surface area (Å²) in [6.45, 7) is 0. The molecule has 0 unspecified atom stereocenters. The van der Waals surface area contributed by atoms with E-state index < -0.39 is 0 Å². The predicted octanol–water partition coefficient (Wildman–Crippen LogP) is 1.21. The summed E-state index contributed by atoms with van der Waals surface area (Å²) in [6, 6.07) is 0. The van der Waals surface area contributed by atoms with Gasteiger partial charge in [0, 0.05) is 0 Å². The van der Waals surface area contributed by atoms with Crippen molar-refractivity contribution in [3.63, 3.8) is 0 Å². The van der Waals surface area contributed by atoms with E-state index in [1.807, 2.05) is 0 Å². The van der Waals surface area contributed by atoms with Gasteiger partial charge >= 0.3 is 0 Å². The van der Waals surface area contributed by atoms with Crippen molar-refractivity contribution in [3.8, 4) is 0 Å². The Hall–Kier alpha value is -0.500. The quantitative estimate of drug-likeness (QED) is 0.516. The molecular weight excluding hydrogens is 114 g/mol. The Labute approximate surface area is 46.1 Å². The topological polar surface area (TPSA) is 26.0 Å². The maximum atomic E-state index is 5.29. The maximum Gasteiger partial charge on any atom is 0.209 e. The number of nitrogens with zero attached hydrogens (tertiary/aromatic N) is 1. The van der Waals surface area contributed by atoms with Crippen molar-refractivity contribution >= 4 is 11.6 Å². The molecule has 1 aromatic rings. The van der Waals surface area contributed by atoms with E-state index in [-0.39, 0.29) is 0 Å². The van der Waals surface area contributed by atoms with Crippen LogP contribution in [0.3, 0.4) is 0 Å². The minimum atomic E-state index is 0.323. The third-order valence-corrected chi connectivity index (χ3v) is 0.780. The van der Waals surface area contributed by atoms with E-state index in [1.165, 1.54) is 6.26 Å². The third kappa shape index (κ3) is 0.933. The van der Waals surface area contributed by atoms with Crippen molar-refractivity contribution in [1.29, 1.82) is 0 Å². The van der Waals surface area contributed by atoms with Gasteiger partial charge in [-0.25, -0.2) is 4.98 Å². The highest BCUT2D eigenvalue weighted by molar-refractivity contribution is 6.16. The Morgan fingerprint density at radius 2 is 2.86 bits per heavy atom. The summed E-state index contributed by atoms with van der Waals surface area (Å²) < 4.78 is 4.68. The molecule has 0 aliphatic rings. The second kappa shape index (κ2) is 1.98.